The van der Waals surface area contributed by atoms with Gasteiger partial charge in [-0.1, -0.05) is 13.8 Å². The standard InChI is InChI=1S/C13H23N5O2/c1-10(2)15-11(13(19)20-3)4-5-17-6-7-18-9-14-16-12(18)8-17/h9-11,15H,4-8H2,1-3H3. The quantitative estimate of drug-likeness (QED) is 0.741. The smallest absolute Gasteiger partial charge is 0.322 e. The Kier molecular flexibility index (Phi) is 5.08. The van der Waals surface area contributed by atoms with Gasteiger partial charge in [-0.25, -0.2) is 0 Å². The van der Waals surface area contributed by atoms with E-state index in [-0.39, 0.29) is 18.1 Å². The maximum Gasteiger partial charge on any atom is 0.322 e. The molecule has 2 heterocycles. The van der Waals surface area contributed by atoms with Gasteiger partial charge in [-0.3, -0.25) is 9.69 Å². The topological polar surface area (TPSA) is 72.3 Å². The zero-order valence-electron chi connectivity index (χ0n) is 12.4. The van der Waals surface area contributed by atoms with Gasteiger partial charge >= 0.3 is 5.97 Å². The fourth-order valence-corrected chi connectivity index (χ4v) is 2.43. The fraction of sp³-hybridized carbons (Fsp3) is 0.769. The Morgan fingerprint density at radius 1 is 1.50 bits per heavy atom. The van der Waals surface area contributed by atoms with Crippen molar-refractivity contribution in [2.45, 2.75) is 45.4 Å². The lowest BCUT2D eigenvalue weighted by molar-refractivity contribution is -0.143. The largest absolute Gasteiger partial charge is 0.468 e. The molecule has 0 saturated carbocycles. The summed E-state index contributed by atoms with van der Waals surface area (Å²) in [7, 11) is 1.43. The van der Waals surface area contributed by atoms with Crippen LogP contribution in [0.3, 0.4) is 0 Å². The summed E-state index contributed by atoms with van der Waals surface area (Å²) < 4.78 is 6.92. The second kappa shape index (κ2) is 6.81. The predicted octanol–water partition coefficient (Wildman–Crippen LogP) is 0.0234. The number of ether oxygens (including phenoxy) is 1. The lowest BCUT2D eigenvalue weighted by Gasteiger charge is -2.28. The molecule has 1 N–H and O–H groups in total. The van der Waals surface area contributed by atoms with Crippen LogP contribution >= 0.6 is 0 Å². The molecule has 1 aromatic rings. The van der Waals surface area contributed by atoms with Crippen molar-refractivity contribution >= 4 is 5.97 Å². The van der Waals surface area contributed by atoms with E-state index in [2.05, 4.69) is 25.0 Å². The number of carbonyl (C=O) groups excluding carboxylic acids is 1. The average molecular weight is 281 g/mol. The predicted molar refractivity (Wildman–Crippen MR) is 74.0 cm³/mol. The Morgan fingerprint density at radius 3 is 3.00 bits per heavy atom. The van der Waals surface area contributed by atoms with E-state index in [0.717, 1.165) is 38.4 Å². The maximum atomic E-state index is 11.7. The Labute approximate surface area is 119 Å². The lowest BCUT2D eigenvalue weighted by Crippen LogP contribution is -2.44. The minimum Gasteiger partial charge on any atom is -0.468 e. The SMILES string of the molecule is COC(=O)C(CCN1CCn2cnnc2C1)NC(C)C. The van der Waals surface area contributed by atoms with Gasteiger partial charge in [0.2, 0.25) is 0 Å². The van der Waals surface area contributed by atoms with Crippen LogP contribution in [0.2, 0.25) is 0 Å². The van der Waals surface area contributed by atoms with Crippen molar-refractivity contribution in [3.8, 4) is 0 Å². The molecule has 0 saturated heterocycles. The molecule has 0 spiro atoms. The zero-order valence-corrected chi connectivity index (χ0v) is 12.4. The number of aromatic nitrogens is 3. The third-order valence-corrected chi connectivity index (χ3v) is 3.47. The molecule has 0 bridgehead atoms. The van der Waals surface area contributed by atoms with E-state index in [1.807, 2.05) is 13.8 Å². The lowest BCUT2D eigenvalue weighted by atomic mass is 10.1. The first-order valence-electron chi connectivity index (χ1n) is 7.03. The number of methoxy groups -OCH3 is 1. The minimum absolute atomic E-state index is 0.195. The van der Waals surface area contributed by atoms with Crippen LogP contribution < -0.4 is 5.32 Å². The van der Waals surface area contributed by atoms with E-state index < -0.39 is 0 Å². The van der Waals surface area contributed by atoms with E-state index in [1.165, 1.54) is 7.11 Å². The van der Waals surface area contributed by atoms with E-state index in [1.54, 1.807) is 6.33 Å². The van der Waals surface area contributed by atoms with Crippen molar-refractivity contribution in [2.75, 3.05) is 20.2 Å². The van der Waals surface area contributed by atoms with Gasteiger partial charge in [0.15, 0.2) is 0 Å². The summed E-state index contributed by atoms with van der Waals surface area (Å²) in [6, 6.07) is 0.00310. The highest BCUT2D eigenvalue weighted by Crippen LogP contribution is 2.10. The second-order valence-corrected chi connectivity index (χ2v) is 5.40. The second-order valence-electron chi connectivity index (χ2n) is 5.40. The monoisotopic (exact) mass is 281 g/mol. The van der Waals surface area contributed by atoms with Crippen LogP contribution in [-0.2, 0) is 22.6 Å². The molecule has 0 radical (unpaired) electrons. The van der Waals surface area contributed by atoms with Crippen molar-refractivity contribution in [2.24, 2.45) is 0 Å². The van der Waals surface area contributed by atoms with Crippen LogP contribution in [0.15, 0.2) is 6.33 Å². The number of carbonyl (C=O) groups is 1. The van der Waals surface area contributed by atoms with Crippen molar-refractivity contribution < 1.29 is 9.53 Å². The van der Waals surface area contributed by atoms with Crippen LogP contribution in [-0.4, -0.2) is 57.9 Å². The molecule has 1 aliphatic heterocycles. The Balaban J connectivity index is 1.85. The molecule has 0 aromatic carbocycles. The van der Waals surface area contributed by atoms with Crippen molar-refractivity contribution in [3.63, 3.8) is 0 Å². The first-order chi connectivity index (χ1) is 9.60. The summed E-state index contributed by atoms with van der Waals surface area (Å²) in [5.41, 5.74) is 0. The molecule has 1 aliphatic rings. The van der Waals surface area contributed by atoms with Gasteiger partial charge in [0.05, 0.1) is 13.7 Å². The normalized spacial score (nSPS) is 17.0. The number of nitrogens with zero attached hydrogens (tertiary/aromatic N) is 4. The number of esters is 1. The first kappa shape index (κ1) is 14.9. The maximum absolute atomic E-state index is 11.7. The molecule has 7 nitrogen and oxygen atoms in total. The fourth-order valence-electron chi connectivity index (χ4n) is 2.43. The molecule has 112 valence electrons. The van der Waals surface area contributed by atoms with Crippen molar-refractivity contribution in [1.29, 1.82) is 0 Å². The van der Waals surface area contributed by atoms with E-state index >= 15 is 0 Å². The molecule has 1 atom stereocenters. The van der Waals surface area contributed by atoms with Gasteiger partial charge in [-0.05, 0) is 6.42 Å². The van der Waals surface area contributed by atoms with Crippen LogP contribution in [0.25, 0.3) is 0 Å². The van der Waals surface area contributed by atoms with Gasteiger partial charge in [0.1, 0.15) is 18.2 Å². The highest BCUT2D eigenvalue weighted by Gasteiger charge is 2.23. The Hall–Kier alpha value is -1.47. The minimum atomic E-state index is -0.250. The highest BCUT2D eigenvalue weighted by molar-refractivity contribution is 5.75. The Bertz CT molecular complexity index is 446. The van der Waals surface area contributed by atoms with Gasteiger partial charge in [0.25, 0.3) is 0 Å². The molecular formula is C13H23N5O2. The highest BCUT2D eigenvalue weighted by atomic mass is 16.5. The van der Waals surface area contributed by atoms with E-state index in [4.69, 9.17) is 4.74 Å². The zero-order chi connectivity index (χ0) is 14.5. The molecule has 20 heavy (non-hydrogen) atoms. The Morgan fingerprint density at radius 2 is 2.30 bits per heavy atom. The summed E-state index contributed by atoms with van der Waals surface area (Å²) in [6.07, 6.45) is 2.50. The first-order valence-corrected chi connectivity index (χ1v) is 7.03. The van der Waals surface area contributed by atoms with Crippen molar-refractivity contribution in [1.82, 2.24) is 25.0 Å². The summed E-state index contributed by atoms with van der Waals surface area (Å²) in [5.74, 6) is 0.793. The summed E-state index contributed by atoms with van der Waals surface area (Å²) in [4.78, 5) is 14.0. The molecule has 1 unspecified atom stereocenters. The van der Waals surface area contributed by atoms with Gasteiger partial charge < -0.3 is 14.6 Å². The van der Waals surface area contributed by atoms with E-state index in [0.29, 0.717) is 0 Å². The van der Waals surface area contributed by atoms with Crippen LogP contribution in [0.4, 0.5) is 0 Å². The van der Waals surface area contributed by atoms with E-state index in [9.17, 15) is 4.79 Å². The number of hydrogen-bond donors (Lipinski definition) is 1. The van der Waals surface area contributed by atoms with Crippen LogP contribution in [0, 0.1) is 0 Å². The van der Waals surface area contributed by atoms with Crippen LogP contribution in [0.1, 0.15) is 26.1 Å². The molecule has 0 aliphatic carbocycles. The number of rotatable bonds is 6. The third kappa shape index (κ3) is 3.77. The van der Waals surface area contributed by atoms with Gasteiger partial charge in [0, 0.05) is 25.7 Å². The number of hydrogen-bond acceptors (Lipinski definition) is 6. The van der Waals surface area contributed by atoms with Gasteiger partial charge in [-0.15, -0.1) is 10.2 Å². The number of nitrogens with one attached hydrogen (secondary N) is 1. The molecule has 0 amide bonds. The molecule has 0 fully saturated rings. The molecule has 1 aromatic heterocycles. The summed E-state index contributed by atoms with van der Waals surface area (Å²) >= 11 is 0. The molecule has 7 heteroatoms. The number of fused-ring (bicyclic) bond motifs is 1. The summed E-state index contributed by atoms with van der Waals surface area (Å²) in [6.45, 7) is 7.55. The molecule has 2 rings (SSSR count). The van der Waals surface area contributed by atoms with Crippen LogP contribution in [0.5, 0.6) is 0 Å². The summed E-state index contributed by atoms with van der Waals surface area (Å²) in [5, 5.41) is 11.3. The third-order valence-electron chi connectivity index (χ3n) is 3.47. The molecular weight excluding hydrogens is 258 g/mol. The average Bonchev–Trinajstić information content (AvgIpc) is 2.89. The van der Waals surface area contributed by atoms with Gasteiger partial charge in [-0.2, -0.15) is 0 Å². The van der Waals surface area contributed by atoms with Crippen molar-refractivity contribution in [3.05, 3.63) is 12.2 Å².